The monoisotopic (exact) mass is 402 g/mol. The molecule has 4 heteroatoms. The van der Waals surface area contributed by atoms with Crippen molar-refractivity contribution in [2.45, 2.75) is 18.5 Å². The summed E-state index contributed by atoms with van der Waals surface area (Å²) in [4.78, 5) is 5.10. The number of nitrogens with zero attached hydrogens (tertiary/aromatic N) is 2. The Morgan fingerprint density at radius 1 is 0.581 bits per heavy atom. The summed E-state index contributed by atoms with van der Waals surface area (Å²) in [6.45, 7) is 0. The molecule has 0 aromatic heterocycles. The van der Waals surface area contributed by atoms with Gasteiger partial charge in [0, 0.05) is 39.4 Å². The van der Waals surface area contributed by atoms with Gasteiger partial charge in [-0.25, -0.2) is 0 Å². The highest BCUT2D eigenvalue weighted by Gasteiger charge is 2.50. The summed E-state index contributed by atoms with van der Waals surface area (Å²) >= 11 is 0. The minimum atomic E-state index is 0.0214. The zero-order valence-corrected chi connectivity index (χ0v) is 16.9. The summed E-state index contributed by atoms with van der Waals surface area (Å²) < 4.78 is 0. The molecule has 150 valence electrons. The van der Waals surface area contributed by atoms with Crippen LogP contribution in [0.4, 0.5) is 22.7 Å². The lowest BCUT2D eigenvalue weighted by Crippen LogP contribution is -2.58. The van der Waals surface area contributed by atoms with Crippen LogP contribution >= 0.6 is 0 Å². The Morgan fingerprint density at radius 3 is 2.00 bits per heavy atom. The molecule has 3 aliphatic heterocycles. The molecule has 3 heterocycles. The third-order valence-electron chi connectivity index (χ3n) is 6.71. The van der Waals surface area contributed by atoms with E-state index in [0.29, 0.717) is 0 Å². The average molecular weight is 403 g/mol. The molecule has 0 aliphatic carbocycles. The fourth-order valence-electron chi connectivity index (χ4n) is 5.45. The van der Waals surface area contributed by atoms with Gasteiger partial charge in [0.1, 0.15) is 18.5 Å². The highest BCUT2D eigenvalue weighted by atomic mass is 15.5. The standard InChI is InChI=1S/C27H22N4/c1-2-10-18(11-3-1)28-25-20-13-5-8-16-23(20)31-26-21-14-6-9-17-24(21)30(25)27(31)19-12-4-7-15-22(19)29-26/h1-17,25-29H/t25-,26+,27-/m0/s1. The zero-order valence-electron chi connectivity index (χ0n) is 16.9. The van der Waals surface area contributed by atoms with Crippen LogP contribution in [0.25, 0.3) is 0 Å². The van der Waals surface area contributed by atoms with Crippen LogP contribution in [0.15, 0.2) is 103 Å². The maximum atomic E-state index is 3.85. The van der Waals surface area contributed by atoms with Crippen molar-refractivity contribution in [1.82, 2.24) is 0 Å². The molecule has 2 N–H and O–H groups in total. The van der Waals surface area contributed by atoms with Crippen LogP contribution in [0, 0.1) is 0 Å². The first kappa shape index (κ1) is 16.8. The van der Waals surface area contributed by atoms with Gasteiger partial charge in [-0.15, -0.1) is 0 Å². The molecule has 4 nitrogen and oxygen atoms in total. The van der Waals surface area contributed by atoms with Crippen LogP contribution in [-0.2, 0) is 0 Å². The highest BCUT2D eigenvalue weighted by Crippen LogP contribution is 2.58. The van der Waals surface area contributed by atoms with E-state index in [-0.39, 0.29) is 18.5 Å². The third-order valence-corrected chi connectivity index (χ3v) is 6.71. The van der Waals surface area contributed by atoms with E-state index in [1.807, 2.05) is 0 Å². The Hall–Kier alpha value is -3.92. The number of benzene rings is 4. The van der Waals surface area contributed by atoms with Crippen molar-refractivity contribution >= 4 is 22.7 Å². The number of hydrogen-bond acceptors (Lipinski definition) is 4. The van der Waals surface area contributed by atoms with E-state index in [9.17, 15) is 0 Å². The lowest BCUT2D eigenvalue weighted by Gasteiger charge is -2.60. The molecular weight excluding hydrogens is 380 g/mol. The fraction of sp³-hybridized carbons (Fsp3) is 0.111. The first-order chi connectivity index (χ1) is 15.4. The summed E-state index contributed by atoms with van der Waals surface area (Å²) in [5.41, 5.74) is 8.80. The number of fused-ring (bicyclic) bond motifs is 5. The summed E-state index contributed by atoms with van der Waals surface area (Å²) in [7, 11) is 0. The van der Waals surface area contributed by atoms with Gasteiger partial charge in [-0.05, 0) is 30.3 Å². The second-order valence-electron chi connectivity index (χ2n) is 8.35. The summed E-state index contributed by atoms with van der Waals surface area (Å²) in [6.07, 6.45) is 0.243. The minimum Gasteiger partial charge on any atom is -0.361 e. The number of rotatable bonds is 2. The van der Waals surface area contributed by atoms with Gasteiger partial charge in [0.2, 0.25) is 0 Å². The van der Waals surface area contributed by atoms with E-state index < -0.39 is 0 Å². The van der Waals surface area contributed by atoms with Crippen LogP contribution in [0.1, 0.15) is 35.2 Å². The van der Waals surface area contributed by atoms with Crippen LogP contribution in [-0.4, -0.2) is 0 Å². The molecule has 0 unspecified atom stereocenters. The maximum Gasteiger partial charge on any atom is 0.134 e. The Balaban J connectivity index is 1.51. The second kappa shape index (κ2) is 6.29. The summed E-state index contributed by atoms with van der Waals surface area (Å²) in [6, 6.07) is 36.9. The van der Waals surface area contributed by atoms with Crippen LogP contribution < -0.4 is 20.4 Å². The molecule has 0 radical (unpaired) electrons. The predicted octanol–water partition coefficient (Wildman–Crippen LogP) is 6.26. The van der Waals surface area contributed by atoms with E-state index in [1.54, 1.807) is 0 Å². The molecule has 0 saturated carbocycles. The molecule has 0 amide bonds. The number of anilines is 4. The quantitative estimate of drug-likeness (QED) is 0.414. The van der Waals surface area contributed by atoms with Crippen molar-refractivity contribution < 1.29 is 0 Å². The van der Waals surface area contributed by atoms with Gasteiger partial charge in [0.25, 0.3) is 0 Å². The van der Waals surface area contributed by atoms with Gasteiger partial charge in [0.05, 0.1) is 0 Å². The molecule has 0 saturated heterocycles. The lowest BCUT2D eigenvalue weighted by molar-refractivity contribution is 0.432. The molecule has 7 rings (SSSR count). The summed E-state index contributed by atoms with van der Waals surface area (Å²) in [5, 5.41) is 7.67. The van der Waals surface area contributed by atoms with Crippen LogP contribution in [0.2, 0.25) is 0 Å². The summed E-state index contributed by atoms with van der Waals surface area (Å²) in [5.74, 6) is 0. The first-order valence-corrected chi connectivity index (χ1v) is 10.8. The molecule has 4 aromatic carbocycles. The van der Waals surface area contributed by atoms with Crippen molar-refractivity contribution in [2.24, 2.45) is 0 Å². The van der Waals surface area contributed by atoms with Gasteiger partial charge >= 0.3 is 0 Å². The molecule has 4 aromatic rings. The normalized spacial score (nSPS) is 22.0. The van der Waals surface area contributed by atoms with Gasteiger partial charge in [-0.3, -0.25) is 0 Å². The van der Waals surface area contributed by atoms with Crippen LogP contribution in [0.3, 0.4) is 0 Å². The van der Waals surface area contributed by atoms with Gasteiger partial charge in [-0.1, -0.05) is 72.8 Å². The van der Waals surface area contributed by atoms with E-state index in [4.69, 9.17) is 0 Å². The lowest BCUT2D eigenvalue weighted by atomic mass is 9.88. The third kappa shape index (κ3) is 2.30. The van der Waals surface area contributed by atoms with Crippen molar-refractivity contribution in [2.75, 3.05) is 20.4 Å². The predicted molar refractivity (Wildman–Crippen MR) is 126 cm³/mol. The zero-order chi connectivity index (χ0) is 20.4. The number of nitrogens with one attached hydrogen (secondary N) is 2. The van der Waals surface area contributed by atoms with E-state index in [2.05, 4.69) is 124 Å². The molecule has 3 atom stereocenters. The Morgan fingerprint density at radius 2 is 1.19 bits per heavy atom. The van der Waals surface area contributed by atoms with E-state index in [1.165, 1.54) is 33.8 Å². The highest BCUT2D eigenvalue weighted by molar-refractivity contribution is 5.79. The molecule has 0 fully saturated rings. The van der Waals surface area contributed by atoms with Crippen LogP contribution in [0.5, 0.6) is 0 Å². The van der Waals surface area contributed by atoms with Crippen molar-refractivity contribution in [3.05, 3.63) is 120 Å². The number of hydrogen-bond donors (Lipinski definition) is 2. The Bertz CT molecular complexity index is 1290. The molecule has 31 heavy (non-hydrogen) atoms. The topological polar surface area (TPSA) is 30.5 Å². The van der Waals surface area contributed by atoms with Crippen molar-refractivity contribution in [1.29, 1.82) is 0 Å². The average Bonchev–Trinajstić information content (AvgIpc) is 2.84. The van der Waals surface area contributed by atoms with E-state index in [0.717, 1.165) is 5.69 Å². The minimum absolute atomic E-state index is 0.0214. The molecule has 3 aliphatic rings. The van der Waals surface area contributed by atoms with Gasteiger partial charge in [-0.2, -0.15) is 0 Å². The fourth-order valence-corrected chi connectivity index (χ4v) is 5.45. The Labute approximate surface area is 181 Å². The molecule has 4 bridgehead atoms. The second-order valence-corrected chi connectivity index (χ2v) is 8.35. The first-order valence-electron chi connectivity index (χ1n) is 10.8. The van der Waals surface area contributed by atoms with E-state index >= 15 is 0 Å². The van der Waals surface area contributed by atoms with Crippen molar-refractivity contribution in [3.8, 4) is 0 Å². The van der Waals surface area contributed by atoms with Crippen molar-refractivity contribution in [3.63, 3.8) is 0 Å². The Kier molecular flexibility index (Phi) is 3.41. The molecule has 0 spiro atoms. The smallest absolute Gasteiger partial charge is 0.134 e. The maximum absolute atomic E-state index is 3.85. The number of para-hydroxylation sites is 4. The SMILES string of the molecule is c1ccc(N[C@@H]2c3ccccc3N3[C@H]4c5ccccc5N[C@H]3c3ccccc3N42)cc1. The molecular formula is C27H22N4. The van der Waals surface area contributed by atoms with Gasteiger partial charge in [0.15, 0.2) is 0 Å². The largest absolute Gasteiger partial charge is 0.361 e. The van der Waals surface area contributed by atoms with Gasteiger partial charge < -0.3 is 20.4 Å².